The van der Waals surface area contributed by atoms with E-state index in [1.807, 2.05) is 20.8 Å². The molecule has 0 saturated heterocycles. The summed E-state index contributed by atoms with van der Waals surface area (Å²) in [4.78, 5) is 11.4. The maximum Gasteiger partial charge on any atom is 0.220 e. The van der Waals surface area contributed by atoms with Gasteiger partial charge in [0.25, 0.3) is 0 Å². The average Bonchev–Trinajstić information content (AvgIpc) is 1.82. The molecule has 11 heavy (non-hydrogen) atoms. The summed E-state index contributed by atoms with van der Waals surface area (Å²) in [6.45, 7) is 6.80. The van der Waals surface area contributed by atoms with E-state index in [9.17, 15) is 4.79 Å². The second-order valence-electron chi connectivity index (χ2n) is 3.18. The minimum absolute atomic E-state index is 0.145. The van der Waals surface area contributed by atoms with Crippen molar-refractivity contribution in [1.29, 1.82) is 0 Å². The Balaban J connectivity index is 3.38. The van der Waals surface area contributed by atoms with Crippen molar-refractivity contribution in [1.82, 2.24) is 5.32 Å². The first-order valence-corrected chi connectivity index (χ1v) is 4.84. The van der Waals surface area contributed by atoms with E-state index >= 15 is 0 Å². The fraction of sp³-hybridized carbons (Fsp3) is 0.875. The van der Waals surface area contributed by atoms with Crippen molar-refractivity contribution in [3.8, 4) is 0 Å². The Kier molecular flexibility index (Phi) is 5.56. The molecule has 0 bridgehead atoms. The molecule has 0 aromatic heterocycles. The van der Waals surface area contributed by atoms with E-state index in [4.69, 9.17) is 0 Å². The molecule has 0 fully saturated rings. The zero-order chi connectivity index (χ0) is 8.85. The lowest BCUT2D eigenvalue weighted by atomic mass is 10.1. The Morgan fingerprint density at radius 2 is 2.00 bits per heavy atom. The second kappa shape index (κ2) is 5.58. The Hall–Kier alpha value is -0.0500. The summed E-state index contributed by atoms with van der Waals surface area (Å²) in [7, 11) is 0. The molecule has 0 spiro atoms. The molecule has 1 N–H and O–H groups in total. The van der Waals surface area contributed by atoms with E-state index < -0.39 is 0 Å². The molecular weight excluding hydrogens is 206 g/mol. The van der Waals surface area contributed by atoms with Crippen molar-refractivity contribution in [3.05, 3.63) is 0 Å². The van der Waals surface area contributed by atoms with E-state index in [-0.39, 0.29) is 5.91 Å². The Bertz CT molecular complexity index is 123. The molecule has 0 saturated carbocycles. The highest BCUT2D eigenvalue weighted by atomic mass is 79.9. The molecule has 0 aromatic rings. The van der Waals surface area contributed by atoms with Crippen LogP contribution in [0.3, 0.4) is 0 Å². The molecule has 0 heterocycles. The predicted octanol–water partition coefficient (Wildman–Crippen LogP) is 1.93. The van der Waals surface area contributed by atoms with Gasteiger partial charge in [-0.25, -0.2) is 0 Å². The standard InChI is InChI=1S/C8H16BrNO/c1-6(2)4-8(11)10-5-7(3)9/h6-7H,4-5H2,1-3H3,(H,10,11). The van der Waals surface area contributed by atoms with E-state index in [2.05, 4.69) is 21.2 Å². The Labute approximate surface area is 76.9 Å². The summed E-state index contributed by atoms with van der Waals surface area (Å²) in [5.74, 6) is 0.590. The largest absolute Gasteiger partial charge is 0.355 e. The number of amides is 1. The molecular formula is C8H16BrNO. The molecule has 0 aliphatic rings. The highest BCUT2D eigenvalue weighted by Crippen LogP contribution is 1.99. The number of halogens is 1. The fourth-order valence-electron chi connectivity index (χ4n) is 0.697. The summed E-state index contributed by atoms with van der Waals surface area (Å²) < 4.78 is 0. The van der Waals surface area contributed by atoms with Crippen LogP contribution in [0.5, 0.6) is 0 Å². The molecule has 0 rings (SSSR count). The molecule has 66 valence electrons. The van der Waals surface area contributed by atoms with Gasteiger partial charge in [0.05, 0.1) is 0 Å². The van der Waals surface area contributed by atoms with Crippen LogP contribution in [0.25, 0.3) is 0 Å². The Morgan fingerprint density at radius 3 is 2.36 bits per heavy atom. The van der Waals surface area contributed by atoms with Crippen molar-refractivity contribution in [2.75, 3.05) is 6.54 Å². The van der Waals surface area contributed by atoms with Crippen LogP contribution in [0.2, 0.25) is 0 Å². The highest BCUT2D eigenvalue weighted by Gasteiger charge is 2.04. The second-order valence-corrected chi connectivity index (χ2v) is 4.75. The van der Waals surface area contributed by atoms with Crippen molar-refractivity contribution in [3.63, 3.8) is 0 Å². The van der Waals surface area contributed by atoms with Crippen molar-refractivity contribution < 1.29 is 4.79 Å². The zero-order valence-electron chi connectivity index (χ0n) is 7.36. The lowest BCUT2D eigenvalue weighted by Crippen LogP contribution is -2.29. The molecule has 0 aromatic carbocycles. The highest BCUT2D eigenvalue weighted by molar-refractivity contribution is 9.09. The van der Waals surface area contributed by atoms with Crippen molar-refractivity contribution >= 4 is 21.8 Å². The van der Waals surface area contributed by atoms with Gasteiger partial charge in [-0.15, -0.1) is 0 Å². The maximum absolute atomic E-state index is 11.0. The molecule has 0 radical (unpaired) electrons. The van der Waals surface area contributed by atoms with Crippen LogP contribution in [-0.2, 0) is 4.79 Å². The summed E-state index contributed by atoms with van der Waals surface area (Å²) in [6, 6.07) is 0. The summed E-state index contributed by atoms with van der Waals surface area (Å²) in [5, 5.41) is 2.83. The van der Waals surface area contributed by atoms with Crippen LogP contribution < -0.4 is 5.32 Å². The van der Waals surface area contributed by atoms with Gasteiger partial charge in [0.15, 0.2) is 0 Å². The lowest BCUT2D eigenvalue weighted by Gasteiger charge is -2.07. The van der Waals surface area contributed by atoms with E-state index in [0.717, 1.165) is 0 Å². The quantitative estimate of drug-likeness (QED) is 0.723. The fourth-order valence-corrected chi connectivity index (χ4v) is 0.859. The topological polar surface area (TPSA) is 29.1 Å². The van der Waals surface area contributed by atoms with Gasteiger partial charge in [0.1, 0.15) is 0 Å². The van der Waals surface area contributed by atoms with Gasteiger partial charge in [-0.2, -0.15) is 0 Å². The average molecular weight is 222 g/mol. The van der Waals surface area contributed by atoms with Gasteiger partial charge in [-0.3, -0.25) is 4.79 Å². The van der Waals surface area contributed by atoms with Crippen molar-refractivity contribution in [2.45, 2.75) is 32.0 Å². The number of alkyl halides is 1. The van der Waals surface area contributed by atoms with Gasteiger partial charge in [-0.1, -0.05) is 36.7 Å². The van der Waals surface area contributed by atoms with Gasteiger partial charge in [-0.05, 0) is 5.92 Å². The first-order valence-electron chi connectivity index (χ1n) is 3.93. The third-order valence-corrected chi connectivity index (χ3v) is 1.50. The molecule has 0 aliphatic carbocycles. The van der Waals surface area contributed by atoms with Crippen molar-refractivity contribution in [2.24, 2.45) is 5.92 Å². The molecule has 1 amide bonds. The number of carbonyl (C=O) groups is 1. The van der Waals surface area contributed by atoms with Gasteiger partial charge in [0.2, 0.25) is 5.91 Å². The molecule has 1 unspecified atom stereocenters. The van der Waals surface area contributed by atoms with E-state index in [1.165, 1.54) is 0 Å². The van der Waals surface area contributed by atoms with Crippen LogP contribution in [0.4, 0.5) is 0 Å². The molecule has 1 atom stereocenters. The zero-order valence-corrected chi connectivity index (χ0v) is 8.94. The lowest BCUT2D eigenvalue weighted by molar-refractivity contribution is -0.121. The number of carbonyl (C=O) groups excluding carboxylic acids is 1. The van der Waals surface area contributed by atoms with Gasteiger partial charge < -0.3 is 5.32 Å². The predicted molar refractivity (Wildman–Crippen MR) is 50.9 cm³/mol. The first kappa shape index (κ1) is 11.0. The van der Waals surface area contributed by atoms with Gasteiger partial charge in [0, 0.05) is 17.8 Å². The van der Waals surface area contributed by atoms with Crippen LogP contribution in [-0.4, -0.2) is 17.3 Å². The summed E-state index contributed by atoms with van der Waals surface area (Å²) in [6.07, 6.45) is 0.625. The van der Waals surface area contributed by atoms with E-state index in [1.54, 1.807) is 0 Å². The number of rotatable bonds is 4. The minimum atomic E-state index is 0.145. The van der Waals surface area contributed by atoms with Crippen LogP contribution in [0.15, 0.2) is 0 Å². The maximum atomic E-state index is 11.0. The smallest absolute Gasteiger partial charge is 0.220 e. The normalized spacial score (nSPS) is 13.2. The van der Waals surface area contributed by atoms with Gasteiger partial charge >= 0.3 is 0 Å². The van der Waals surface area contributed by atoms with Crippen LogP contribution in [0.1, 0.15) is 27.2 Å². The number of nitrogens with one attached hydrogen (secondary N) is 1. The SMILES string of the molecule is CC(C)CC(=O)NCC(C)Br. The summed E-state index contributed by atoms with van der Waals surface area (Å²) in [5.41, 5.74) is 0. The third kappa shape index (κ3) is 7.85. The Morgan fingerprint density at radius 1 is 1.45 bits per heavy atom. The molecule has 3 heteroatoms. The summed E-state index contributed by atoms with van der Waals surface area (Å²) >= 11 is 3.35. The molecule has 2 nitrogen and oxygen atoms in total. The number of hydrogen-bond acceptors (Lipinski definition) is 1. The van der Waals surface area contributed by atoms with Crippen LogP contribution in [0, 0.1) is 5.92 Å². The molecule has 0 aliphatic heterocycles. The minimum Gasteiger partial charge on any atom is -0.355 e. The van der Waals surface area contributed by atoms with Crippen LogP contribution >= 0.6 is 15.9 Å². The number of hydrogen-bond donors (Lipinski definition) is 1. The third-order valence-electron chi connectivity index (χ3n) is 1.17. The van der Waals surface area contributed by atoms with E-state index in [0.29, 0.717) is 23.7 Å². The first-order chi connectivity index (χ1) is 5.02. The monoisotopic (exact) mass is 221 g/mol.